The summed E-state index contributed by atoms with van der Waals surface area (Å²) >= 11 is 0. The number of hydrogen-bond donors (Lipinski definition) is 2. The zero-order valence-corrected chi connectivity index (χ0v) is 18.2. The first kappa shape index (κ1) is 19.1. The van der Waals surface area contributed by atoms with Gasteiger partial charge in [-0.25, -0.2) is 4.79 Å². The molecule has 0 spiro atoms. The molecule has 2 aromatic rings. The fraction of sp³-hybridized carbons (Fsp3) is 0.625. The van der Waals surface area contributed by atoms with Gasteiger partial charge in [0.2, 0.25) is 6.73 Å². The molecule has 5 nitrogen and oxygen atoms in total. The Balaban J connectivity index is 1.54. The molecule has 1 aromatic heterocycles. The normalized spacial score (nSPS) is 25.9. The first-order valence-electron chi connectivity index (χ1n) is 11.2. The van der Waals surface area contributed by atoms with Gasteiger partial charge in [0.15, 0.2) is 5.58 Å². The van der Waals surface area contributed by atoms with Gasteiger partial charge in [0.05, 0.1) is 29.5 Å². The minimum atomic E-state index is -0.137. The summed E-state index contributed by atoms with van der Waals surface area (Å²) in [7, 11) is 0. The van der Waals surface area contributed by atoms with E-state index in [2.05, 4.69) is 45.1 Å². The van der Waals surface area contributed by atoms with Gasteiger partial charge in [-0.1, -0.05) is 0 Å². The van der Waals surface area contributed by atoms with Crippen molar-refractivity contribution in [3.63, 3.8) is 0 Å². The van der Waals surface area contributed by atoms with E-state index in [1.54, 1.807) is 0 Å². The van der Waals surface area contributed by atoms with Crippen LogP contribution in [0.3, 0.4) is 0 Å². The highest BCUT2D eigenvalue weighted by atomic mass is 16.5. The Morgan fingerprint density at radius 3 is 2.41 bits per heavy atom. The number of quaternary nitrogens is 2. The summed E-state index contributed by atoms with van der Waals surface area (Å²) < 4.78 is 12.1. The number of hydrogen-bond acceptors (Lipinski definition) is 3. The lowest BCUT2D eigenvalue weighted by Gasteiger charge is -2.45. The molecule has 1 aromatic carbocycles. The Morgan fingerprint density at radius 1 is 1.00 bits per heavy atom. The number of nitrogens with two attached hydrogens (primary N) is 1. The molecule has 1 aliphatic carbocycles. The van der Waals surface area contributed by atoms with Crippen LogP contribution in [-0.4, -0.2) is 23.9 Å². The molecule has 2 aliphatic heterocycles. The SMILES string of the molecule is CC1(C)CC([NH+]2COc3ccc4c5c(c(=O)oc4c3C2)CCCC5)CC(C)(C)[NH2+]1. The number of aryl methyl sites for hydroxylation is 1. The molecule has 0 saturated carbocycles. The fourth-order valence-corrected chi connectivity index (χ4v) is 6.37. The Bertz CT molecular complexity index is 1000. The molecule has 1 unspecified atom stereocenters. The highest BCUT2D eigenvalue weighted by Gasteiger charge is 2.46. The number of rotatable bonds is 1. The molecule has 5 heteroatoms. The summed E-state index contributed by atoms with van der Waals surface area (Å²) in [5.41, 5.74) is 4.28. The van der Waals surface area contributed by atoms with Crippen molar-refractivity contribution in [1.29, 1.82) is 0 Å². The maximum atomic E-state index is 12.7. The third kappa shape index (κ3) is 3.38. The monoisotopic (exact) mass is 398 g/mol. The van der Waals surface area contributed by atoms with E-state index in [9.17, 15) is 4.79 Å². The van der Waals surface area contributed by atoms with E-state index in [1.807, 2.05) is 0 Å². The van der Waals surface area contributed by atoms with Crippen LogP contribution in [0.15, 0.2) is 21.3 Å². The first-order valence-corrected chi connectivity index (χ1v) is 11.2. The topological polar surface area (TPSA) is 60.5 Å². The van der Waals surface area contributed by atoms with Crippen molar-refractivity contribution in [3.05, 3.63) is 39.2 Å². The maximum absolute atomic E-state index is 12.7. The largest absolute Gasteiger partial charge is 0.445 e. The first-order chi connectivity index (χ1) is 13.7. The lowest BCUT2D eigenvalue weighted by Crippen LogP contribution is -3.19. The summed E-state index contributed by atoms with van der Waals surface area (Å²) in [6, 6.07) is 4.73. The second kappa shape index (κ2) is 6.58. The van der Waals surface area contributed by atoms with Gasteiger partial charge in [-0.05, 0) is 71.1 Å². The molecule has 3 heterocycles. The van der Waals surface area contributed by atoms with E-state index in [1.165, 1.54) is 10.5 Å². The molecule has 5 rings (SSSR count). The van der Waals surface area contributed by atoms with Gasteiger partial charge >= 0.3 is 5.63 Å². The van der Waals surface area contributed by atoms with E-state index in [4.69, 9.17) is 9.15 Å². The molecule has 156 valence electrons. The van der Waals surface area contributed by atoms with E-state index < -0.39 is 0 Å². The third-order valence-corrected chi connectivity index (χ3v) is 7.17. The van der Waals surface area contributed by atoms with Crippen LogP contribution < -0.4 is 20.6 Å². The van der Waals surface area contributed by atoms with Crippen LogP contribution in [0.25, 0.3) is 11.0 Å². The number of fused-ring (bicyclic) bond motifs is 5. The van der Waals surface area contributed by atoms with Crippen molar-refractivity contribution in [2.45, 2.75) is 89.9 Å². The fourth-order valence-electron chi connectivity index (χ4n) is 6.37. The lowest BCUT2D eigenvalue weighted by atomic mass is 9.79. The van der Waals surface area contributed by atoms with Crippen molar-refractivity contribution in [3.8, 4) is 5.75 Å². The Kier molecular flexibility index (Phi) is 4.34. The molecule has 1 fully saturated rings. The van der Waals surface area contributed by atoms with Crippen molar-refractivity contribution < 1.29 is 19.4 Å². The zero-order chi connectivity index (χ0) is 20.4. The van der Waals surface area contributed by atoms with Crippen molar-refractivity contribution in [1.82, 2.24) is 0 Å². The number of nitrogens with one attached hydrogen (secondary N) is 1. The van der Waals surface area contributed by atoms with Gasteiger partial charge in [-0.15, -0.1) is 0 Å². The van der Waals surface area contributed by atoms with Gasteiger partial charge in [-0.2, -0.15) is 0 Å². The molecule has 29 heavy (non-hydrogen) atoms. The second-order valence-electron chi connectivity index (χ2n) is 10.8. The van der Waals surface area contributed by atoms with Crippen LogP contribution in [0.1, 0.15) is 70.1 Å². The van der Waals surface area contributed by atoms with E-state index >= 15 is 0 Å². The molecule has 0 amide bonds. The van der Waals surface area contributed by atoms with Gasteiger partial charge < -0.3 is 14.5 Å². The van der Waals surface area contributed by atoms with Gasteiger partial charge in [-0.3, -0.25) is 4.90 Å². The van der Waals surface area contributed by atoms with Gasteiger partial charge in [0.25, 0.3) is 0 Å². The molecular weight excluding hydrogens is 364 g/mol. The zero-order valence-electron chi connectivity index (χ0n) is 18.2. The Labute approximate surface area is 172 Å². The van der Waals surface area contributed by atoms with Crippen molar-refractivity contribution in [2.24, 2.45) is 0 Å². The number of benzene rings is 1. The summed E-state index contributed by atoms with van der Waals surface area (Å²) in [5, 5.41) is 3.65. The lowest BCUT2D eigenvalue weighted by molar-refractivity contribution is -0.969. The van der Waals surface area contributed by atoms with Gasteiger partial charge in [0, 0.05) is 10.9 Å². The average Bonchev–Trinajstić information content (AvgIpc) is 2.65. The summed E-state index contributed by atoms with van der Waals surface area (Å²) in [6.07, 6.45) is 6.39. The van der Waals surface area contributed by atoms with E-state index in [-0.39, 0.29) is 16.7 Å². The summed E-state index contributed by atoms with van der Waals surface area (Å²) in [4.78, 5) is 14.2. The van der Waals surface area contributed by atoms with Crippen LogP contribution in [0.5, 0.6) is 5.75 Å². The number of piperidine rings is 1. The molecule has 0 bridgehead atoms. The minimum absolute atomic E-state index is 0.137. The Hall–Kier alpha value is -1.85. The second-order valence-corrected chi connectivity index (χ2v) is 10.8. The highest BCUT2D eigenvalue weighted by molar-refractivity contribution is 5.86. The molecule has 1 saturated heterocycles. The molecule has 0 radical (unpaired) electrons. The standard InChI is InChI=1S/C24H32N2O3/c1-23(2)11-15(12-24(3,4)25-23)26-13-19-20(28-14-26)10-9-17-16-7-5-6-8-18(16)22(27)29-21(17)19/h9-10,15,25H,5-8,11-14H2,1-4H3/p+2. The van der Waals surface area contributed by atoms with Crippen LogP contribution in [0.4, 0.5) is 0 Å². The van der Waals surface area contributed by atoms with Crippen LogP contribution in [0, 0.1) is 0 Å². The summed E-state index contributed by atoms with van der Waals surface area (Å²) in [5.74, 6) is 0.890. The molecule has 3 N–H and O–H groups in total. The predicted octanol–water partition coefficient (Wildman–Crippen LogP) is 1.69. The smallest absolute Gasteiger partial charge is 0.339 e. The van der Waals surface area contributed by atoms with Crippen LogP contribution in [-0.2, 0) is 19.4 Å². The van der Waals surface area contributed by atoms with Crippen LogP contribution >= 0.6 is 0 Å². The van der Waals surface area contributed by atoms with E-state index in [0.29, 0.717) is 12.8 Å². The minimum Gasteiger partial charge on any atom is -0.445 e. The van der Waals surface area contributed by atoms with Crippen LogP contribution in [0.2, 0.25) is 0 Å². The van der Waals surface area contributed by atoms with Crippen molar-refractivity contribution >= 4 is 11.0 Å². The molecule has 1 atom stereocenters. The number of ether oxygens (including phenoxy) is 1. The maximum Gasteiger partial charge on any atom is 0.339 e. The van der Waals surface area contributed by atoms with E-state index in [0.717, 1.165) is 72.9 Å². The van der Waals surface area contributed by atoms with Crippen molar-refractivity contribution in [2.75, 3.05) is 6.73 Å². The average molecular weight is 399 g/mol. The predicted molar refractivity (Wildman–Crippen MR) is 112 cm³/mol. The third-order valence-electron chi connectivity index (χ3n) is 7.17. The molecular formula is C24H34N2O3+2. The van der Waals surface area contributed by atoms with Gasteiger partial charge in [0.1, 0.15) is 18.3 Å². The molecule has 3 aliphatic rings. The highest BCUT2D eigenvalue weighted by Crippen LogP contribution is 2.34. The quantitative estimate of drug-likeness (QED) is 0.719. The Morgan fingerprint density at radius 2 is 1.69 bits per heavy atom. The summed E-state index contributed by atoms with van der Waals surface area (Å²) in [6.45, 7) is 10.9.